The monoisotopic (exact) mass is 232 g/mol. The first-order chi connectivity index (χ1) is 8.29. The van der Waals surface area contributed by atoms with E-state index in [4.69, 9.17) is 0 Å². The Labute approximate surface area is 105 Å². The maximum absolute atomic E-state index is 11.8. The van der Waals surface area contributed by atoms with E-state index in [-0.39, 0.29) is 5.78 Å². The molecule has 0 spiro atoms. The van der Waals surface area contributed by atoms with Gasteiger partial charge >= 0.3 is 0 Å². The minimum Gasteiger partial charge on any atom is -0.294 e. The molecule has 0 radical (unpaired) electrons. The van der Waals surface area contributed by atoms with Gasteiger partial charge in [0.15, 0.2) is 5.78 Å². The number of ketones is 1. The van der Waals surface area contributed by atoms with Crippen molar-refractivity contribution in [1.29, 1.82) is 0 Å². The van der Waals surface area contributed by atoms with Gasteiger partial charge in [-0.15, -0.1) is 0 Å². The molecule has 0 heterocycles. The molecule has 0 aliphatic carbocycles. The molecule has 1 heteroatoms. The lowest BCUT2D eigenvalue weighted by Gasteiger charge is -2.07. The Morgan fingerprint density at radius 2 is 1.71 bits per heavy atom. The molecule has 0 N–H and O–H groups in total. The molecule has 17 heavy (non-hydrogen) atoms. The number of benzene rings is 1. The molecule has 0 aliphatic rings. The fourth-order valence-electron chi connectivity index (χ4n) is 2.12. The fraction of sp³-hybridized carbons (Fsp3) is 0.562. The molecule has 0 atom stereocenters. The van der Waals surface area contributed by atoms with Crippen molar-refractivity contribution in [2.75, 3.05) is 0 Å². The van der Waals surface area contributed by atoms with Crippen LogP contribution in [-0.4, -0.2) is 5.78 Å². The highest BCUT2D eigenvalue weighted by molar-refractivity contribution is 5.97. The van der Waals surface area contributed by atoms with Gasteiger partial charge < -0.3 is 0 Å². The first kappa shape index (κ1) is 14.0. The van der Waals surface area contributed by atoms with Crippen LogP contribution in [0.25, 0.3) is 0 Å². The van der Waals surface area contributed by atoms with Gasteiger partial charge in [-0.1, -0.05) is 63.8 Å². The number of hydrogen-bond acceptors (Lipinski definition) is 1. The molecule has 1 rings (SSSR count). The smallest absolute Gasteiger partial charge is 0.162 e. The highest BCUT2D eigenvalue weighted by Crippen LogP contribution is 2.15. The predicted molar refractivity (Wildman–Crippen MR) is 73.5 cm³/mol. The van der Waals surface area contributed by atoms with Crippen LogP contribution in [0.3, 0.4) is 0 Å². The summed E-state index contributed by atoms with van der Waals surface area (Å²) in [5.41, 5.74) is 2.17. The summed E-state index contributed by atoms with van der Waals surface area (Å²) >= 11 is 0. The molecule has 1 aromatic rings. The van der Waals surface area contributed by atoms with Crippen LogP contribution in [0.5, 0.6) is 0 Å². The number of aryl methyl sites for hydroxylation is 1. The van der Waals surface area contributed by atoms with Gasteiger partial charge in [0.2, 0.25) is 0 Å². The molecule has 0 amide bonds. The number of unbranched alkanes of at least 4 members (excludes halogenated alkanes) is 4. The van der Waals surface area contributed by atoms with E-state index >= 15 is 0 Å². The van der Waals surface area contributed by atoms with Crippen molar-refractivity contribution in [2.45, 2.75) is 58.8 Å². The third kappa shape index (κ3) is 4.72. The van der Waals surface area contributed by atoms with Gasteiger partial charge in [-0.05, 0) is 18.4 Å². The molecule has 0 fully saturated rings. The molecule has 0 aliphatic heterocycles. The molecule has 0 saturated heterocycles. The van der Waals surface area contributed by atoms with Crippen molar-refractivity contribution in [3.63, 3.8) is 0 Å². The second-order valence-corrected chi connectivity index (χ2v) is 4.60. The molecular formula is C16H24O. The quantitative estimate of drug-likeness (QED) is 0.465. The number of hydrogen-bond donors (Lipinski definition) is 0. The summed E-state index contributed by atoms with van der Waals surface area (Å²) in [6, 6.07) is 8.06. The van der Waals surface area contributed by atoms with Gasteiger partial charge in [-0.2, -0.15) is 0 Å². The summed E-state index contributed by atoms with van der Waals surface area (Å²) < 4.78 is 0. The van der Waals surface area contributed by atoms with E-state index in [1.807, 2.05) is 25.1 Å². The molecule has 0 aromatic heterocycles. The van der Waals surface area contributed by atoms with Gasteiger partial charge in [0.05, 0.1) is 0 Å². The van der Waals surface area contributed by atoms with Crippen molar-refractivity contribution in [3.05, 3.63) is 35.4 Å². The highest BCUT2D eigenvalue weighted by atomic mass is 16.1. The van der Waals surface area contributed by atoms with Crippen LogP contribution < -0.4 is 0 Å². The molecule has 1 aromatic carbocycles. The summed E-state index contributed by atoms with van der Waals surface area (Å²) in [5, 5.41) is 0. The van der Waals surface area contributed by atoms with Crippen LogP contribution in [0.4, 0.5) is 0 Å². The Hall–Kier alpha value is -1.11. The third-order valence-electron chi connectivity index (χ3n) is 3.19. The largest absolute Gasteiger partial charge is 0.294 e. The Morgan fingerprint density at radius 1 is 1.00 bits per heavy atom. The lowest BCUT2D eigenvalue weighted by atomic mass is 9.97. The van der Waals surface area contributed by atoms with Crippen molar-refractivity contribution in [2.24, 2.45) is 0 Å². The zero-order valence-electron chi connectivity index (χ0n) is 11.2. The van der Waals surface area contributed by atoms with E-state index < -0.39 is 0 Å². The zero-order valence-corrected chi connectivity index (χ0v) is 11.2. The SMILES string of the molecule is CCCCCCCc1ccccc1C(=O)CC. The lowest BCUT2D eigenvalue weighted by molar-refractivity contribution is 0.0987. The zero-order chi connectivity index (χ0) is 12.5. The van der Waals surface area contributed by atoms with Gasteiger partial charge in [0, 0.05) is 12.0 Å². The van der Waals surface area contributed by atoms with E-state index in [2.05, 4.69) is 13.0 Å². The van der Waals surface area contributed by atoms with Gasteiger partial charge in [-0.25, -0.2) is 0 Å². The van der Waals surface area contributed by atoms with E-state index in [0.717, 1.165) is 12.0 Å². The third-order valence-corrected chi connectivity index (χ3v) is 3.19. The maximum Gasteiger partial charge on any atom is 0.162 e. The topological polar surface area (TPSA) is 17.1 Å². The van der Waals surface area contributed by atoms with Crippen LogP contribution in [0.2, 0.25) is 0 Å². The van der Waals surface area contributed by atoms with Gasteiger partial charge in [0.1, 0.15) is 0 Å². The minimum absolute atomic E-state index is 0.272. The Bertz CT molecular complexity index is 341. The molecule has 0 unspecified atom stereocenters. The van der Waals surface area contributed by atoms with Crippen LogP contribution in [-0.2, 0) is 6.42 Å². The predicted octanol–water partition coefficient (Wildman–Crippen LogP) is 4.79. The summed E-state index contributed by atoms with van der Waals surface area (Å²) in [7, 11) is 0. The lowest BCUT2D eigenvalue weighted by Crippen LogP contribution is -2.02. The molecule has 0 saturated carbocycles. The summed E-state index contributed by atoms with van der Waals surface area (Å²) in [6.07, 6.45) is 8.07. The second-order valence-electron chi connectivity index (χ2n) is 4.60. The Balaban J connectivity index is 2.49. The van der Waals surface area contributed by atoms with Crippen molar-refractivity contribution in [3.8, 4) is 0 Å². The van der Waals surface area contributed by atoms with Crippen LogP contribution in [0, 0.1) is 0 Å². The summed E-state index contributed by atoms with van der Waals surface area (Å²) in [6.45, 7) is 4.16. The summed E-state index contributed by atoms with van der Waals surface area (Å²) in [4.78, 5) is 11.8. The first-order valence-electron chi connectivity index (χ1n) is 6.90. The maximum atomic E-state index is 11.8. The van der Waals surface area contributed by atoms with Crippen LogP contribution in [0.15, 0.2) is 24.3 Å². The van der Waals surface area contributed by atoms with E-state index in [9.17, 15) is 4.79 Å². The van der Waals surface area contributed by atoms with Crippen LogP contribution >= 0.6 is 0 Å². The van der Waals surface area contributed by atoms with Crippen molar-refractivity contribution >= 4 is 5.78 Å². The fourth-order valence-corrected chi connectivity index (χ4v) is 2.12. The van der Waals surface area contributed by atoms with Gasteiger partial charge in [0.25, 0.3) is 0 Å². The average Bonchev–Trinajstić information content (AvgIpc) is 2.38. The van der Waals surface area contributed by atoms with E-state index in [1.165, 1.54) is 37.7 Å². The number of Topliss-reactive ketones (excluding diaryl/α,β-unsaturated/α-hetero) is 1. The minimum atomic E-state index is 0.272. The molecule has 1 nitrogen and oxygen atoms in total. The van der Waals surface area contributed by atoms with Crippen molar-refractivity contribution in [1.82, 2.24) is 0 Å². The number of carbonyl (C=O) groups excluding carboxylic acids is 1. The Morgan fingerprint density at radius 3 is 2.41 bits per heavy atom. The van der Waals surface area contributed by atoms with E-state index in [0.29, 0.717) is 6.42 Å². The normalized spacial score (nSPS) is 10.5. The molecular weight excluding hydrogens is 208 g/mol. The van der Waals surface area contributed by atoms with Crippen molar-refractivity contribution < 1.29 is 4.79 Å². The number of carbonyl (C=O) groups is 1. The highest BCUT2D eigenvalue weighted by Gasteiger charge is 2.07. The second kappa shape index (κ2) is 8.05. The molecule has 0 bridgehead atoms. The van der Waals surface area contributed by atoms with E-state index in [1.54, 1.807) is 0 Å². The summed E-state index contributed by atoms with van der Waals surface area (Å²) in [5.74, 6) is 0.272. The molecule has 94 valence electrons. The first-order valence-corrected chi connectivity index (χ1v) is 6.90. The Kier molecular flexibility index (Phi) is 6.61. The average molecular weight is 232 g/mol. The van der Waals surface area contributed by atoms with Gasteiger partial charge in [-0.3, -0.25) is 4.79 Å². The van der Waals surface area contributed by atoms with Crippen LogP contribution in [0.1, 0.15) is 68.3 Å². The standard InChI is InChI=1S/C16H24O/c1-3-5-6-7-8-11-14-12-9-10-13-15(14)16(17)4-2/h9-10,12-13H,3-8,11H2,1-2H3. The number of rotatable bonds is 8.